The number of benzene rings is 1. The largest absolute Gasteiger partial charge is 0.381 e. The predicted molar refractivity (Wildman–Crippen MR) is 83.6 cm³/mol. The zero-order chi connectivity index (χ0) is 15.5. The summed E-state index contributed by atoms with van der Waals surface area (Å²) in [7, 11) is -0.365. The van der Waals surface area contributed by atoms with Gasteiger partial charge in [0.2, 0.25) is 10.0 Å². The highest BCUT2D eigenvalue weighted by molar-refractivity contribution is 7.89. The van der Waals surface area contributed by atoms with Crippen molar-refractivity contribution in [2.24, 2.45) is 0 Å². The standard InChI is InChI=1S/C15H19N3O2S/c1-12-7-8-16-10-13(12)11-17-14-5-4-6-15(9-14)21(19,20)18(2)3/h4-10,17H,11H2,1-3H3. The molecule has 1 aromatic carbocycles. The molecule has 0 saturated carbocycles. The molecule has 0 fully saturated rings. The van der Waals surface area contributed by atoms with Gasteiger partial charge in [0.15, 0.2) is 0 Å². The Kier molecular flexibility index (Phi) is 4.59. The molecule has 0 saturated heterocycles. The molecule has 0 bridgehead atoms. The Labute approximate surface area is 125 Å². The van der Waals surface area contributed by atoms with Crippen LogP contribution in [-0.4, -0.2) is 31.8 Å². The molecule has 112 valence electrons. The van der Waals surface area contributed by atoms with E-state index in [9.17, 15) is 8.42 Å². The first kappa shape index (κ1) is 15.5. The Morgan fingerprint density at radius 2 is 2.00 bits per heavy atom. The molecule has 0 aliphatic heterocycles. The van der Waals surface area contributed by atoms with Crippen molar-refractivity contribution in [3.63, 3.8) is 0 Å². The molecule has 1 N–H and O–H groups in total. The summed E-state index contributed by atoms with van der Waals surface area (Å²) in [6.45, 7) is 2.62. The molecule has 6 heteroatoms. The van der Waals surface area contributed by atoms with Crippen molar-refractivity contribution in [2.45, 2.75) is 18.4 Å². The fraction of sp³-hybridized carbons (Fsp3) is 0.267. The number of pyridine rings is 1. The fourth-order valence-corrected chi connectivity index (χ4v) is 2.80. The number of nitrogens with zero attached hydrogens (tertiary/aromatic N) is 2. The molecule has 0 unspecified atom stereocenters. The number of aromatic nitrogens is 1. The minimum Gasteiger partial charge on any atom is -0.381 e. The van der Waals surface area contributed by atoms with Crippen molar-refractivity contribution in [3.8, 4) is 0 Å². The molecule has 21 heavy (non-hydrogen) atoms. The van der Waals surface area contributed by atoms with E-state index in [1.807, 2.05) is 25.3 Å². The number of sulfonamides is 1. The van der Waals surface area contributed by atoms with Gasteiger partial charge >= 0.3 is 0 Å². The van der Waals surface area contributed by atoms with Crippen LogP contribution < -0.4 is 5.32 Å². The second kappa shape index (κ2) is 6.24. The molecule has 0 spiro atoms. The molecule has 0 radical (unpaired) electrons. The maximum atomic E-state index is 12.1. The molecular weight excluding hydrogens is 286 g/mol. The second-order valence-electron chi connectivity index (χ2n) is 4.97. The zero-order valence-corrected chi connectivity index (χ0v) is 13.2. The Hall–Kier alpha value is -1.92. The van der Waals surface area contributed by atoms with Crippen LogP contribution in [0.4, 0.5) is 5.69 Å². The van der Waals surface area contributed by atoms with E-state index in [0.29, 0.717) is 6.54 Å². The van der Waals surface area contributed by atoms with Gasteiger partial charge in [-0.05, 0) is 42.3 Å². The Bertz CT molecular complexity index is 727. The van der Waals surface area contributed by atoms with Crippen LogP contribution in [0.15, 0.2) is 47.6 Å². The lowest BCUT2D eigenvalue weighted by molar-refractivity contribution is 0.521. The normalized spacial score (nSPS) is 11.6. The molecule has 1 aromatic heterocycles. The maximum absolute atomic E-state index is 12.1. The minimum absolute atomic E-state index is 0.278. The quantitative estimate of drug-likeness (QED) is 0.920. The summed E-state index contributed by atoms with van der Waals surface area (Å²) in [5.74, 6) is 0. The van der Waals surface area contributed by atoms with E-state index in [0.717, 1.165) is 16.8 Å². The second-order valence-corrected chi connectivity index (χ2v) is 7.12. The smallest absolute Gasteiger partial charge is 0.242 e. The summed E-state index contributed by atoms with van der Waals surface area (Å²) in [6, 6.07) is 8.76. The Morgan fingerprint density at radius 1 is 1.24 bits per heavy atom. The first-order chi connectivity index (χ1) is 9.91. The molecule has 0 aliphatic carbocycles. The highest BCUT2D eigenvalue weighted by Gasteiger charge is 2.17. The monoisotopic (exact) mass is 305 g/mol. The van der Waals surface area contributed by atoms with E-state index in [-0.39, 0.29) is 4.90 Å². The van der Waals surface area contributed by atoms with Crippen molar-refractivity contribution >= 4 is 15.7 Å². The number of anilines is 1. The first-order valence-electron chi connectivity index (χ1n) is 6.57. The molecular formula is C15H19N3O2S. The maximum Gasteiger partial charge on any atom is 0.242 e. The van der Waals surface area contributed by atoms with Gasteiger partial charge in [0.05, 0.1) is 4.90 Å². The fourth-order valence-electron chi connectivity index (χ4n) is 1.86. The van der Waals surface area contributed by atoms with Crippen LogP contribution >= 0.6 is 0 Å². The van der Waals surface area contributed by atoms with Crippen molar-refractivity contribution in [3.05, 3.63) is 53.9 Å². The van der Waals surface area contributed by atoms with Crippen LogP contribution in [-0.2, 0) is 16.6 Å². The number of nitrogens with one attached hydrogen (secondary N) is 1. The van der Waals surface area contributed by atoms with Gasteiger partial charge in [0.25, 0.3) is 0 Å². The van der Waals surface area contributed by atoms with Gasteiger partial charge < -0.3 is 5.32 Å². The van der Waals surface area contributed by atoms with Crippen LogP contribution in [0.5, 0.6) is 0 Å². The minimum atomic E-state index is -3.41. The summed E-state index contributed by atoms with van der Waals surface area (Å²) in [5, 5.41) is 3.23. The number of hydrogen-bond acceptors (Lipinski definition) is 4. The Balaban J connectivity index is 2.18. The topological polar surface area (TPSA) is 62.3 Å². The van der Waals surface area contributed by atoms with E-state index >= 15 is 0 Å². The van der Waals surface area contributed by atoms with Gasteiger partial charge in [-0.15, -0.1) is 0 Å². The third-order valence-electron chi connectivity index (χ3n) is 3.24. The summed E-state index contributed by atoms with van der Waals surface area (Å²) in [4.78, 5) is 4.37. The summed E-state index contributed by atoms with van der Waals surface area (Å²) in [6.07, 6.45) is 3.56. The molecule has 0 amide bonds. The molecule has 5 nitrogen and oxygen atoms in total. The predicted octanol–water partition coefficient (Wildman–Crippen LogP) is 2.25. The van der Waals surface area contributed by atoms with Crippen LogP contribution in [0, 0.1) is 6.92 Å². The van der Waals surface area contributed by atoms with Crippen molar-refractivity contribution in [2.75, 3.05) is 19.4 Å². The van der Waals surface area contributed by atoms with Gasteiger partial charge in [0, 0.05) is 38.7 Å². The molecule has 1 heterocycles. The third kappa shape index (κ3) is 3.59. The lowest BCUT2D eigenvalue weighted by Crippen LogP contribution is -2.22. The van der Waals surface area contributed by atoms with E-state index in [4.69, 9.17) is 0 Å². The lowest BCUT2D eigenvalue weighted by Gasteiger charge is -2.13. The average molecular weight is 305 g/mol. The van der Waals surface area contributed by atoms with E-state index in [1.54, 1.807) is 24.4 Å². The zero-order valence-electron chi connectivity index (χ0n) is 12.4. The lowest BCUT2D eigenvalue weighted by atomic mass is 10.1. The average Bonchev–Trinajstić information content (AvgIpc) is 2.46. The van der Waals surface area contributed by atoms with Gasteiger partial charge in [-0.25, -0.2) is 12.7 Å². The number of rotatable bonds is 5. The van der Waals surface area contributed by atoms with Crippen LogP contribution in [0.1, 0.15) is 11.1 Å². The highest BCUT2D eigenvalue weighted by atomic mass is 32.2. The first-order valence-corrected chi connectivity index (χ1v) is 8.01. The van der Waals surface area contributed by atoms with Crippen LogP contribution in [0.3, 0.4) is 0 Å². The van der Waals surface area contributed by atoms with Crippen molar-refractivity contribution in [1.29, 1.82) is 0 Å². The molecule has 0 atom stereocenters. The van der Waals surface area contributed by atoms with E-state index in [2.05, 4.69) is 10.3 Å². The van der Waals surface area contributed by atoms with Crippen LogP contribution in [0.25, 0.3) is 0 Å². The van der Waals surface area contributed by atoms with Crippen molar-refractivity contribution in [1.82, 2.24) is 9.29 Å². The summed E-state index contributed by atoms with van der Waals surface area (Å²) in [5.41, 5.74) is 2.99. The SMILES string of the molecule is Cc1ccncc1CNc1cccc(S(=O)(=O)N(C)C)c1. The van der Waals surface area contributed by atoms with E-state index < -0.39 is 10.0 Å². The molecule has 2 rings (SSSR count). The summed E-state index contributed by atoms with van der Waals surface area (Å²) >= 11 is 0. The van der Waals surface area contributed by atoms with E-state index in [1.165, 1.54) is 18.4 Å². The van der Waals surface area contributed by atoms with Crippen LogP contribution in [0.2, 0.25) is 0 Å². The summed E-state index contributed by atoms with van der Waals surface area (Å²) < 4.78 is 25.4. The number of aryl methyl sites for hydroxylation is 1. The Morgan fingerprint density at radius 3 is 2.67 bits per heavy atom. The van der Waals surface area contributed by atoms with Gasteiger partial charge in [-0.1, -0.05) is 6.07 Å². The molecule has 0 aliphatic rings. The third-order valence-corrected chi connectivity index (χ3v) is 5.05. The number of hydrogen-bond donors (Lipinski definition) is 1. The van der Waals surface area contributed by atoms with Gasteiger partial charge in [-0.2, -0.15) is 0 Å². The van der Waals surface area contributed by atoms with Gasteiger partial charge in [0.1, 0.15) is 0 Å². The van der Waals surface area contributed by atoms with Crippen molar-refractivity contribution < 1.29 is 8.42 Å². The highest BCUT2D eigenvalue weighted by Crippen LogP contribution is 2.18. The van der Waals surface area contributed by atoms with Gasteiger partial charge in [-0.3, -0.25) is 4.98 Å². The molecule has 2 aromatic rings.